The Kier molecular flexibility index (Phi) is 4.32. The number of pyridine rings is 1. The van der Waals surface area contributed by atoms with E-state index in [-0.39, 0.29) is 27.0 Å². The van der Waals surface area contributed by atoms with Gasteiger partial charge in [-0.1, -0.05) is 23.2 Å². The van der Waals surface area contributed by atoms with Gasteiger partial charge < -0.3 is 15.0 Å². The summed E-state index contributed by atoms with van der Waals surface area (Å²) in [5.41, 5.74) is -0.0874. The lowest BCUT2D eigenvalue weighted by Crippen LogP contribution is -2.19. The van der Waals surface area contributed by atoms with E-state index in [1.807, 2.05) is 0 Å². The van der Waals surface area contributed by atoms with Crippen molar-refractivity contribution in [3.8, 4) is 5.75 Å². The van der Waals surface area contributed by atoms with E-state index in [0.717, 1.165) is 0 Å². The number of amides is 1. The van der Waals surface area contributed by atoms with E-state index in [1.165, 1.54) is 31.5 Å². The predicted octanol–water partition coefficient (Wildman–Crippen LogP) is 2.94. The molecular weight excluding hydrogens is 303 g/mol. The fourth-order valence-electron chi connectivity index (χ4n) is 1.58. The summed E-state index contributed by atoms with van der Waals surface area (Å²) in [6.07, 6.45) is 1.47. The molecule has 0 fully saturated rings. The van der Waals surface area contributed by atoms with Gasteiger partial charge in [0.25, 0.3) is 11.5 Å². The predicted molar refractivity (Wildman–Crippen MR) is 78.0 cm³/mol. The van der Waals surface area contributed by atoms with Crippen molar-refractivity contribution >= 4 is 34.8 Å². The summed E-state index contributed by atoms with van der Waals surface area (Å²) in [4.78, 5) is 26.1. The van der Waals surface area contributed by atoms with Crippen LogP contribution in [0.25, 0.3) is 0 Å². The van der Waals surface area contributed by atoms with Crippen molar-refractivity contribution < 1.29 is 9.53 Å². The highest BCUT2D eigenvalue weighted by Crippen LogP contribution is 2.30. The topological polar surface area (TPSA) is 71.2 Å². The minimum absolute atomic E-state index is 0.130. The Balaban J connectivity index is 2.37. The zero-order valence-corrected chi connectivity index (χ0v) is 11.9. The van der Waals surface area contributed by atoms with Crippen LogP contribution in [0.3, 0.4) is 0 Å². The van der Waals surface area contributed by atoms with E-state index in [4.69, 9.17) is 27.9 Å². The number of halogens is 2. The summed E-state index contributed by atoms with van der Waals surface area (Å²) in [5.74, 6) is -0.249. The zero-order chi connectivity index (χ0) is 14.7. The minimum Gasteiger partial charge on any atom is -0.496 e. The molecule has 2 N–H and O–H groups in total. The third kappa shape index (κ3) is 2.95. The lowest BCUT2D eigenvalue weighted by molar-refractivity contribution is 0.102. The summed E-state index contributed by atoms with van der Waals surface area (Å²) in [5, 5.41) is 2.98. The molecule has 0 spiro atoms. The van der Waals surface area contributed by atoms with Gasteiger partial charge in [0.05, 0.1) is 22.7 Å². The summed E-state index contributed by atoms with van der Waals surface area (Å²) < 4.78 is 5.08. The lowest BCUT2D eigenvalue weighted by atomic mass is 10.2. The largest absolute Gasteiger partial charge is 0.496 e. The number of benzene rings is 1. The Bertz CT molecular complexity index is 713. The maximum absolute atomic E-state index is 12.2. The van der Waals surface area contributed by atoms with Crippen LogP contribution >= 0.6 is 23.2 Å². The lowest BCUT2D eigenvalue weighted by Gasteiger charge is -2.10. The first-order valence-corrected chi connectivity index (χ1v) is 6.30. The van der Waals surface area contributed by atoms with Gasteiger partial charge >= 0.3 is 0 Å². The highest BCUT2D eigenvalue weighted by Gasteiger charge is 2.16. The number of ether oxygens (including phenoxy) is 1. The van der Waals surface area contributed by atoms with E-state index >= 15 is 0 Å². The fraction of sp³-hybridized carbons (Fsp3) is 0.0769. The normalized spacial score (nSPS) is 10.2. The molecule has 0 bridgehead atoms. The van der Waals surface area contributed by atoms with Crippen LogP contribution in [-0.4, -0.2) is 18.0 Å². The van der Waals surface area contributed by atoms with Gasteiger partial charge in [0.2, 0.25) is 0 Å². The number of hydrogen-bond donors (Lipinski definition) is 2. The molecule has 0 radical (unpaired) electrons. The molecule has 1 heterocycles. The molecule has 1 aromatic carbocycles. The smallest absolute Gasteiger partial charge is 0.271 e. The van der Waals surface area contributed by atoms with Crippen molar-refractivity contribution in [2.24, 2.45) is 0 Å². The molecule has 104 valence electrons. The van der Waals surface area contributed by atoms with Crippen LogP contribution in [0.2, 0.25) is 10.0 Å². The number of carbonyl (C=O) groups is 1. The molecule has 1 amide bonds. The number of carbonyl (C=O) groups excluding carboxylic acids is 1. The molecule has 20 heavy (non-hydrogen) atoms. The second-order valence-corrected chi connectivity index (χ2v) is 4.65. The maximum atomic E-state index is 12.2. The Morgan fingerprint density at radius 3 is 2.65 bits per heavy atom. The van der Waals surface area contributed by atoms with Crippen molar-refractivity contribution in [1.82, 2.24) is 4.98 Å². The van der Waals surface area contributed by atoms with E-state index in [1.54, 1.807) is 6.07 Å². The van der Waals surface area contributed by atoms with E-state index in [9.17, 15) is 9.59 Å². The molecule has 0 aliphatic heterocycles. The van der Waals surface area contributed by atoms with Crippen molar-refractivity contribution in [3.63, 3.8) is 0 Å². The van der Waals surface area contributed by atoms with Gasteiger partial charge in [0.15, 0.2) is 0 Å². The summed E-state index contributed by atoms with van der Waals surface area (Å²) >= 11 is 11.7. The third-order valence-corrected chi connectivity index (χ3v) is 3.28. The highest BCUT2D eigenvalue weighted by atomic mass is 35.5. The van der Waals surface area contributed by atoms with Gasteiger partial charge in [0, 0.05) is 12.3 Å². The summed E-state index contributed by atoms with van der Waals surface area (Å²) in [6.45, 7) is 0. The Morgan fingerprint density at radius 1 is 1.30 bits per heavy atom. The van der Waals surface area contributed by atoms with Crippen LogP contribution in [0, 0.1) is 0 Å². The molecule has 1 aromatic heterocycles. The summed E-state index contributed by atoms with van der Waals surface area (Å²) in [6, 6.07) is 5.91. The quantitative estimate of drug-likeness (QED) is 0.915. The summed E-state index contributed by atoms with van der Waals surface area (Å²) in [7, 11) is 1.41. The number of aromatic nitrogens is 1. The molecule has 0 aliphatic rings. The molecule has 5 nitrogen and oxygen atoms in total. The SMILES string of the molecule is COc1cc(Cl)c(Cl)cc1C(=O)Nc1ccc[nH]c1=O. The molecule has 0 unspecified atom stereocenters. The number of nitrogens with one attached hydrogen (secondary N) is 2. The van der Waals surface area contributed by atoms with E-state index < -0.39 is 11.5 Å². The second-order valence-electron chi connectivity index (χ2n) is 3.83. The number of hydrogen-bond acceptors (Lipinski definition) is 3. The number of aromatic amines is 1. The van der Waals surface area contributed by atoms with Gasteiger partial charge in [-0.3, -0.25) is 9.59 Å². The average molecular weight is 313 g/mol. The molecule has 0 saturated carbocycles. The molecule has 0 atom stereocenters. The first-order valence-electron chi connectivity index (χ1n) is 5.55. The van der Waals surface area contributed by atoms with Gasteiger partial charge in [-0.15, -0.1) is 0 Å². The molecule has 2 aromatic rings. The number of methoxy groups -OCH3 is 1. The van der Waals surface area contributed by atoms with Crippen LogP contribution in [0.5, 0.6) is 5.75 Å². The van der Waals surface area contributed by atoms with Crippen LogP contribution in [0.1, 0.15) is 10.4 Å². The van der Waals surface area contributed by atoms with Crippen LogP contribution in [-0.2, 0) is 0 Å². The van der Waals surface area contributed by atoms with E-state index in [0.29, 0.717) is 0 Å². The van der Waals surface area contributed by atoms with Crippen molar-refractivity contribution in [2.45, 2.75) is 0 Å². The first kappa shape index (κ1) is 14.4. The number of rotatable bonds is 3. The molecule has 0 aliphatic carbocycles. The van der Waals surface area contributed by atoms with Gasteiger partial charge in [-0.25, -0.2) is 0 Å². The minimum atomic E-state index is -0.517. The highest BCUT2D eigenvalue weighted by molar-refractivity contribution is 6.42. The Morgan fingerprint density at radius 2 is 2.00 bits per heavy atom. The number of H-pyrrole nitrogens is 1. The maximum Gasteiger partial charge on any atom is 0.271 e. The first-order chi connectivity index (χ1) is 9.52. The molecule has 0 saturated heterocycles. The monoisotopic (exact) mass is 312 g/mol. The zero-order valence-electron chi connectivity index (χ0n) is 10.4. The van der Waals surface area contributed by atoms with Gasteiger partial charge in [0.1, 0.15) is 11.4 Å². The average Bonchev–Trinajstić information content (AvgIpc) is 2.43. The second kappa shape index (κ2) is 5.98. The molecule has 7 heteroatoms. The number of anilines is 1. The van der Waals surface area contributed by atoms with Crippen LogP contribution < -0.4 is 15.6 Å². The fourth-order valence-corrected chi connectivity index (χ4v) is 1.90. The van der Waals surface area contributed by atoms with Crippen LogP contribution in [0.15, 0.2) is 35.3 Å². The van der Waals surface area contributed by atoms with Gasteiger partial charge in [-0.05, 0) is 18.2 Å². The Hall–Kier alpha value is -1.98. The standard InChI is InChI=1S/C13H10Cl2N2O3/c1-20-11-6-9(15)8(14)5-7(11)12(18)17-10-3-2-4-16-13(10)19/h2-6H,1H3,(H,16,19)(H,17,18). The Labute approximate surface area is 124 Å². The van der Waals surface area contributed by atoms with Crippen molar-refractivity contribution in [2.75, 3.05) is 12.4 Å². The van der Waals surface area contributed by atoms with Crippen molar-refractivity contribution in [1.29, 1.82) is 0 Å². The van der Waals surface area contributed by atoms with Crippen LogP contribution in [0.4, 0.5) is 5.69 Å². The van der Waals surface area contributed by atoms with Gasteiger partial charge in [-0.2, -0.15) is 0 Å². The van der Waals surface area contributed by atoms with E-state index in [2.05, 4.69) is 10.3 Å². The molecular formula is C13H10Cl2N2O3. The molecule has 2 rings (SSSR count). The third-order valence-electron chi connectivity index (χ3n) is 2.55. The van der Waals surface area contributed by atoms with Crippen molar-refractivity contribution in [3.05, 3.63) is 56.4 Å².